The van der Waals surface area contributed by atoms with Crippen LogP contribution in [0.1, 0.15) is 21.5 Å². The molecule has 1 aliphatic carbocycles. The van der Waals surface area contributed by atoms with E-state index < -0.39 is 0 Å². The molecule has 0 unspecified atom stereocenters. The third-order valence-corrected chi connectivity index (χ3v) is 3.37. The quantitative estimate of drug-likeness (QED) is 0.733. The summed E-state index contributed by atoms with van der Waals surface area (Å²) in [5.74, 6) is 0.311. The Morgan fingerprint density at radius 3 is 2.35 bits per heavy atom. The number of carbonyl (C=O) groups excluding carboxylic acids is 1. The van der Waals surface area contributed by atoms with Gasteiger partial charge in [-0.1, -0.05) is 24.3 Å². The molecule has 0 N–H and O–H groups in total. The molecule has 17 heavy (non-hydrogen) atoms. The Hall–Kier alpha value is -1.96. The average molecular weight is 223 g/mol. The molecule has 84 valence electrons. The first-order chi connectivity index (χ1) is 8.34. The SMILES string of the molecule is O=C(c1cccnc1)C1Cc2ccccc2C1. The summed E-state index contributed by atoms with van der Waals surface area (Å²) in [5, 5.41) is 0. The maximum atomic E-state index is 12.3. The van der Waals surface area contributed by atoms with Gasteiger partial charge in [-0.3, -0.25) is 9.78 Å². The molecule has 0 atom stereocenters. The van der Waals surface area contributed by atoms with Crippen molar-refractivity contribution < 1.29 is 4.79 Å². The molecule has 0 amide bonds. The van der Waals surface area contributed by atoms with Gasteiger partial charge in [-0.05, 0) is 36.1 Å². The highest BCUT2D eigenvalue weighted by Gasteiger charge is 2.27. The van der Waals surface area contributed by atoms with E-state index in [0.717, 1.165) is 18.4 Å². The first kappa shape index (κ1) is 10.2. The van der Waals surface area contributed by atoms with Crippen molar-refractivity contribution in [3.05, 3.63) is 65.5 Å². The fourth-order valence-corrected chi connectivity index (χ4v) is 2.49. The van der Waals surface area contributed by atoms with Gasteiger partial charge in [-0.2, -0.15) is 0 Å². The minimum absolute atomic E-state index is 0.0941. The molecule has 0 spiro atoms. The molecule has 0 aliphatic heterocycles. The lowest BCUT2D eigenvalue weighted by molar-refractivity contribution is 0.0924. The van der Waals surface area contributed by atoms with Crippen LogP contribution >= 0.6 is 0 Å². The second kappa shape index (κ2) is 4.13. The number of benzene rings is 1. The first-order valence-electron chi connectivity index (χ1n) is 5.85. The van der Waals surface area contributed by atoms with Gasteiger partial charge in [0.05, 0.1) is 0 Å². The Morgan fingerprint density at radius 2 is 1.76 bits per heavy atom. The number of Topliss-reactive ketones (excluding diaryl/α,β-unsaturated/α-hetero) is 1. The highest BCUT2D eigenvalue weighted by molar-refractivity contribution is 5.98. The standard InChI is InChI=1S/C15H13NO/c17-15(13-6-3-7-16-10-13)14-8-11-4-1-2-5-12(11)9-14/h1-7,10,14H,8-9H2. The molecule has 0 fully saturated rings. The van der Waals surface area contributed by atoms with E-state index in [1.165, 1.54) is 11.1 Å². The van der Waals surface area contributed by atoms with Gasteiger partial charge in [0.15, 0.2) is 5.78 Å². The summed E-state index contributed by atoms with van der Waals surface area (Å²) in [6.07, 6.45) is 5.08. The van der Waals surface area contributed by atoms with Crippen molar-refractivity contribution in [3.8, 4) is 0 Å². The highest BCUT2D eigenvalue weighted by atomic mass is 16.1. The summed E-state index contributed by atoms with van der Waals surface area (Å²) in [4.78, 5) is 16.3. The third kappa shape index (κ3) is 1.86. The molecule has 1 aromatic carbocycles. The van der Waals surface area contributed by atoms with Crippen LogP contribution in [0, 0.1) is 5.92 Å². The summed E-state index contributed by atoms with van der Waals surface area (Å²) in [5.41, 5.74) is 3.36. The monoisotopic (exact) mass is 223 g/mol. The number of carbonyl (C=O) groups is 1. The van der Waals surface area contributed by atoms with E-state index in [1.54, 1.807) is 12.4 Å². The van der Waals surface area contributed by atoms with Crippen LogP contribution in [0.5, 0.6) is 0 Å². The van der Waals surface area contributed by atoms with E-state index in [0.29, 0.717) is 0 Å². The van der Waals surface area contributed by atoms with Crippen molar-refractivity contribution in [1.29, 1.82) is 0 Å². The first-order valence-corrected chi connectivity index (χ1v) is 5.85. The molecule has 3 rings (SSSR count). The molecule has 2 aromatic rings. The van der Waals surface area contributed by atoms with E-state index in [2.05, 4.69) is 17.1 Å². The predicted octanol–water partition coefficient (Wildman–Crippen LogP) is 2.68. The predicted molar refractivity (Wildman–Crippen MR) is 65.9 cm³/mol. The number of fused-ring (bicyclic) bond motifs is 1. The van der Waals surface area contributed by atoms with Crippen molar-refractivity contribution >= 4 is 5.78 Å². The van der Waals surface area contributed by atoms with E-state index in [-0.39, 0.29) is 11.7 Å². The highest BCUT2D eigenvalue weighted by Crippen LogP contribution is 2.28. The van der Waals surface area contributed by atoms with Gasteiger partial charge in [-0.25, -0.2) is 0 Å². The Labute approximate surface area is 100 Å². The topological polar surface area (TPSA) is 30.0 Å². The van der Waals surface area contributed by atoms with Crippen molar-refractivity contribution in [3.63, 3.8) is 0 Å². The smallest absolute Gasteiger partial charge is 0.168 e. The van der Waals surface area contributed by atoms with Gasteiger partial charge in [0.2, 0.25) is 0 Å². The number of aromatic nitrogens is 1. The van der Waals surface area contributed by atoms with Crippen molar-refractivity contribution in [2.45, 2.75) is 12.8 Å². The van der Waals surface area contributed by atoms with E-state index in [9.17, 15) is 4.79 Å². The maximum absolute atomic E-state index is 12.3. The van der Waals surface area contributed by atoms with Crippen LogP contribution in [0.15, 0.2) is 48.8 Å². The lowest BCUT2D eigenvalue weighted by Gasteiger charge is -2.06. The Bertz CT molecular complexity index is 523. The summed E-state index contributed by atoms with van der Waals surface area (Å²) in [6.45, 7) is 0. The van der Waals surface area contributed by atoms with Gasteiger partial charge < -0.3 is 0 Å². The molecule has 0 bridgehead atoms. The van der Waals surface area contributed by atoms with Gasteiger partial charge in [0, 0.05) is 23.9 Å². The van der Waals surface area contributed by atoms with Crippen LogP contribution in [-0.2, 0) is 12.8 Å². The zero-order valence-electron chi connectivity index (χ0n) is 9.47. The zero-order valence-corrected chi connectivity index (χ0v) is 9.47. The minimum atomic E-state index is 0.0941. The van der Waals surface area contributed by atoms with E-state index in [4.69, 9.17) is 0 Å². The van der Waals surface area contributed by atoms with Crippen LogP contribution in [-0.4, -0.2) is 10.8 Å². The largest absolute Gasteiger partial charge is 0.294 e. The van der Waals surface area contributed by atoms with Crippen LogP contribution in [0.25, 0.3) is 0 Å². The van der Waals surface area contributed by atoms with Crippen LogP contribution in [0.3, 0.4) is 0 Å². The van der Waals surface area contributed by atoms with E-state index in [1.807, 2.05) is 24.3 Å². The Morgan fingerprint density at radius 1 is 1.06 bits per heavy atom. The van der Waals surface area contributed by atoms with Crippen molar-refractivity contribution in [2.24, 2.45) is 5.92 Å². The number of rotatable bonds is 2. The van der Waals surface area contributed by atoms with Crippen molar-refractivity contribution in [1.82, 2.24) is 4.98 Å². The fourth-order valence-electron chi connectivity index (χ4n) is 2.49. The molecule has 2 nitrogen and oxygen atoms in total. The molecular weight excluding hydrogens is 210 g/mol. The summed E-state index contributed by atoms with van der Waals surface area (Å²) >= 11 is 0. The van der Waals surface area contributed by atoms with E-state index >= 15 is 0 Å². The van der Waals surface area contributed by atoms with Gasteiger partial charge in [0.25, 0.3) is 0 Å². The van der Waals surface area contributed by atoms with Gasteiger partial charge in [-0.15, -0.1) is 0 Å². The molecular formula is C15H13NO. The van der Waals surface area contributed by atoms with Gasteiger partial charge in [0.1, 0.15) is 0 Å². The molecule has 1 aliphatic rings. The number of nitrogens with zero attached hydrogens (tertiary/aromatic N) is 1. The summed E-state index contributed by atoms with van der Waals surface area (Å²) < 4.78 is 0. The number of hydrogen-bond donors (Lipinski definition) is 0. The normalized spacial score (nSPS) is 14.6. The van der Waals surface area contributed by atoms with Crippen molar-refractivity contribution in [2.75, 3.05) is 0 Å². The zero-order chi connectivity index (χ0) is 11.7. The molecule has 1 heterocycles. The lowest BCUT2D eigenvalue weighted by atomic mass is 9.96. The summed E-state index contributed by atoms with van der Waals surface area (Å²) in [7, 11) is 0. The second-order valence-corrected chi connectivity index (χ2v) is 4.48. The minimum Gasteiger partial charge on any atom is -0.294 e. The third-order valence-electron chi connectivity index (χ3n) is 3.37. The summed E-state index contributed by atoms with van der Waals surface area (Å²) in [6, 6.07) is 12.0. The molecule has 0 radical (unpaired) electrons. The molecule has 1 aromatic heterocycles. The van der Waals surface area contributed by atoms with Crippen LogP contribution in [0.2, 0.25) is 0 Å². The molecule has 2 heteroatoms. The second-order valence-electron chi connectivity index (χ2n) is 4.48. The van der Waals surface area contributed by atoms with Crippen LogP contribution in [0.4, 0.5) is 0 Å². The van der Waals surface area contributed by atoms with Crippen LogP contribution < -0.4 is 0 Å². The lowest BCUT2D eigenvalue weighted by Crippen LogP contribution is -2.15. The number of hydrogen-bond acceptors (Lipinski definition) is 2. The Balaban J connectivity index is 1.84. The maximum Gasteiger partial charge on any atom is 0.168 e. The average Bonchev–Trinajstić information content (AvgIpc) is 2.82. The fraction of sp³-hybridized carbons (Fsp3) is 0.200. The molecule has 0 saturated heterocycles. The van der Waals surface area contributed by atoms with Gasteiger partial charge >= 0.3 is 0 Å². The molecule has 0 saturated carbocycles. The Kier molecular flexibility index (Phi) is 2.48. The number of ketones is 1. The number of pyridine rings is 1.